The second-order valence-corrected chi connectivity index (χ2v) is 7.99. The van der Waals surface area contributed by atoms with Gasteiger partial charge in [0.2, 0.25) is 15.8 Å². The first-order valence-corrected chi connectivity index (χ1v) is 10.1. The zero-order valence-electron chi connectivity index (χ0n) is 15.2. The molecule has 0 radical (unpaired) electrons. The lowest BCUT2D eigenvalue weighted by molar-refractivity contribution is -0.123. The minimum Gasteiger partial charge on any atom is -0.457 e. The van der Waals surface area contributed by atoms with E-state index in [1.165, 1.54) is 53.9 Å². The van der Waals surface area contributed by atoms with Gasteiger partial charge in [-0.25, -0.2) is 13.2 Å². The topological polar surface area (TPSA) is 115 Å². The second kappa shape index (κ2) is 8.55. The molecule has 1 saturated heterocycles. The molecule has 0 aliphatic carbocycles. The molecule has 9 nitrogen and oxygen atoms in total. The molecule has 1 atom stereocenters. The Bertz CT molecular complexity index is 917. The normalized spacial score (nSPS) is 16.3. The van der Waals surface area contributed by atoms with Gasteiger partial charge in [0.25, 0.3) is 5.91 Å². The summed E-state index contributed by atoms with van der Waals surface area (Å²) in [5.41, 5.74) is 0.381. The van der Waals surface area contributed by atoms with Gasteiger partial charge in [0.1, 0.15) is 0 Å². The van der Waals surface area contributed by atoms with Crippen LogP contribution in [0.5, 0.6) is 0 Å². The van der Waals surface area contributed by atoms with Crippen molar-refractivity contribution in [1.82, 2.24) is 4.31 Å². The van der Waals surface area contributed by atoms with Gasteiger partial charge < -0.3 is 19.2 Å². The minimum atomic E-state index is -3.60. The Morgan fingerprint density at radius 1 is 1.14 bits per heavy atom. The number of rotatable bonds is 6. The van der Waals surface area contributed by atoms with Crippen molar-refractivity contribution in [3.05, 3.63) is 48.4 Å². The molecule has 1 amide bonds. The number of carbonyl (C=O) groups is 2. The van der Waals surface area contributed by atoms with Crippen molar-refractivity contribution in [2.75, 3.05) is 31.6 Å². The van der Waals surface area contributed by atoms with Gasteiger partial charge in [-0.15, -0.1) is 0 Å². The molecule has 1 fully saturated rings. The molecule has 1 aromatic heterocycles. The van der Waals surface area contributed by atoms with Crippen molar-refractivity contribution < 1.29 is 31.9 Å². The van der Waals surface area contributed by atoms with Crippen LogP contribution in [0.1, 0.15) is 17.5 Å². The predicted octanol–water partition coefficient (Wildman–Crippen LogP) is 1.48. The molecule has 2 heterocycles. The Kier molecular flexibility index (Phi) is 6.12. The van der Waals surface area contributed by atoms with Crippen LogP contribution in [0.25, 0.3) is 0 Å². The maximum absolute atomic E-state index is 12.6. The second-order valence-electron chi connectivity index (χ2n) is 6.05. The number of furan rings is 1. The number of morpholine rings is 1. The fraction of sp³-hybridized carbons (Fsp3) is 0.333. The molecule has 2 aromatic rings. The molecule has 28 heavy (non-hydrogen) atoms. The van der Waals surface area contributed by atoms with Crippen LogP contribution in [0.15, 0.2) is 52.0 Å². The van der Waals surface area contributed by atoms with Gasteiger partial charge in [-0.2, -0.15) is 4.31 Å². The van der Waals surface area contributed by atoms with Gasteiger partial charge in [-0.3, -0.25) is 4.79 Å². The van der Waals surface area contributed by atoms with Crippen molar-refractivity contribution >= 4 is 27.6 Å². The van der Waals surface area contributed by atoms with Crippen LogP contribution >= 0.6 is 0 Å². The Morgan fingerprint density at radius 3 is 2.43 bits per heavy atom. The molecule has 0 unspecified atom stereocenters. The number of amides is 1. The van der Waals surface area contributed by atoms with Crippen molar-refractivity contribution in [2.24, 2.45) is 0 Å². The highest BCUT2D eigenvalue weighted by molar-refractivity contribution is 7.89. The highest BCUT2D eigenvalue weighted by Gasteiger charge is 2.26. The first kappa shape index (κ1) is 20.1. The van der Waals surface area contributed by atoms with Crippen LogP contribution in [0.4, 0.5) is 5.69 Å². The smallest absolute Gasteiger partial charge is 0.374 e. The maximum Gasteiger partial charge on any atom is 0.374 e. The van der Waals surface area contributed by atoms with Gasteiger partial charge in [-0.1, -0.05) is 0 Å². The fourth-order valence-corrected chi connectivity index (χ4v) is 3.96. The Hall–Kier alpha value is -2.69. The molecule has 1 N–H and O–H groups in total. The highest BCUT2D eigenvalue weighted by Crippen LogP contribution is 2.19. The van der Waals surface area contributed by atoms with E-state index in [9.17, 15) is 18.0 Å². The number of benzene rings is 1. The highest BCUT2D eigenvalue weighted by atomic mass is 32.2. The molecule has 150 valence electrons. The number of sulfonamides is 1. The monoisotopic (exact) mass is 408 g/mol. The average molecular weight is 408 g/mol. The predicted molar refractivity (Wildman–Crippen MR) is 98.2 cm³/mol. The number of ether oxygens (including phenoxy) is 2. The van der Waals surface area contributed by atoms with E-state index < -0.39 is 28.0 Å². The summed E-state index contributed by atoms with van der Waals surface area (Å²) < 4.78 is 41.6. The molecule has 1 aliphatic rings. The molecule has 0 spiro atoms. The van der Waals surface area contributed by atoms with Crippen molar-refractivity contribution in [3.63, 3.8) is 0 Å². The third-order valence-corrected chi connectivity index (χ3v) is 6.02. The van der Waals surface area contributed by atoms with Crippen LogP contribution in [0.3, 0.4) is 0 Å². The third kappa shape index (κ3) is 4.58. The van der Waals surface area contributed by atoms with Crippen molar-refractivity contribution in [3.8, 4) is 0 Å². The summed E-state index contributed by atoms with van der Waals surface area (Å²) in [5.74, 6) is -1.30. The molecule has 1 aliphatic heterocycles. The number of hydrogen-bond donors (Lipinski definition) is 1. The van der Waals surface area contributed by atoms with Gasteiger partial charge in [0.05, 0.1) is 24.4 Å². The molecule has 1 aromatic carbocycles. The van der Waals surface area contributed by atoms with Crippen molar-refractivity contribution in [2.45, 2.75) is 17.9 Å². The first-order valence-electron chi connectivity index (χ1n) is 8.61. The summed E-state index contributed by atoms with van der Waals surface area (Å²) in [4.78, 5) is 24.1. The number of nitrogens with one attached hydrogen (secondary N) is 1. The van der Waals surface area contributed by atoms with Crippen LogP contribution in [-0.4, -0.2) is 57.0 Å². The lowest BCUT2D eigenvalue weighted by Gasteiger charge is -2.26. The molecular formula is C18H20N2O7S. The van der Waals surface area contributed by atoms with E-state index in [2.05, 4.69) is 5.32 Å². The van der Waals surface area contributed by atoms with Crippen LogP contribution in [-0.2, 0) is 24.3 Å². The SMILES string of the molecule is C[C@H](OC(=O)c1ccco1)C(=O)Nc1ccc(S(=O)(=O)N2CCOCC2)cc1. The van der Waals surface area contributed by atoms with Crippen molar-refractivity contribution in [1.29, 1.82) is 0 Å². The number of hydrogen-bond acceptors (Lipinski definition) is 7. The van der Waals surface area contributed by atoms with Crippen LogP contribution in [0.2, 0.25) is 0 Å². The van der Waals surface area contributed by atoms with Gasteiger partial charge in [-0.05, 0) is 43.3 Å². The van der Waals surface area contributed by atoms with Gasteiger partial charge in [0.15, 0.2) is 6.10 Å². The zero-order valence-corrected chi connectivity index (χ0v) is 16.0. The molecule has 3 rings (SSSR count). The third-order valence-electron chi connectivity index (χ3n) is 4.11. The van der Waals surface area contributed by atoms with Crippen LogP contribution < -0.4 is 5.32 Å². The zero-order chi connectivity index (χ0) is 20.1. The minimum absolute atomic E-state index is 0.00248. The van der Waals surface area contributed by atoms with E-state index in [0.717, 1.165) is 0 Å². The average Bonchev–Trinajstić information content (AvgIpc) is 3.24. The van der Waals surface area contributed by atoms with E-state index >= 15 is 0 Å². The van der Waals surface area contributed by atoms with E-state index in [-0.39, 0.29) is 10.7 Å². The summed E-state index contributed by atoms with van der Waals surface area (Å²) in [6, 6.07) is 8.76. The fourth-order valence-electron chi connectivity index (χ4n) is 2.56. The summed E-state index contributed by atoms with van der Waals surface area (Å²) in [5, 5.41) is 2.58. The van der Waals surface area contributed by atoms with Gasteiger partial charge >= 0.3 is 5.97 Å². The first-order chi connectivity index (χ1) is 13.4. The number of esters is 1. The molecule has 10 heteroatoms. The number of carbonyl (C=O) groups excluding carboxylic acids is 2. The summed E-state index contributed by atoms with van der Waals surface area (Å²) in [7, 11) is -3.60. The van der Waals surface area contributed by atoms with E-state index in [4.69, 9.17) is 13.9 Å². The van der Waals surface area contributed by atoms with E-state index in [0.29, 0.717) is 32.0 Å². The summed E-state index contributed by atoms with van der Waals surface area (Å²) in [6.07, 6.45) is 0.266. The summed E-state index contributed by atoms with van der Waals surface area (Å²) >= 11 is 0. The lowest BCUT2D eigenvalue weighted by atomic mass is 10.3. The standard InChI is InChI=1S/C18H20N2O7S/c1-13(27-18(22)16-3-2-10-26-16)17(21)19-14-4-6-15(7-5-14)28(23,24)20-8-11-25-12-9-20/h2-7,10,13H,8-9,11-12H2,1H3,(H,19,21)/t13-/m0/s1. The quantitative estimate of drug-likeness (QED) is 0.720. The van der Waals surface area contributed by atoms with Crippen LogP contribution in [0, 0.1) is 0 Å². The Labute approximate surface area is 162 Å². The van der Waals surface area contributed by atoms with E-state index in [1.54, 1.807) is 0 Å². The van der Waals surface area contributed by atoms with E-state index in [1.807, 2.05) is 0 Å². The molecular weight excluding hydrogens is 388 g/mol. The molecule has 0 bridgehead atoms. The Morgan fingerprint density at radius 2 is 1.82 bits per heavy atom. The Balaban J connectivity index is 1.60. The largest absolute Gasteiger partial charge is 0.457 e. The number of nitrogens with zero attached hydrogens (tertiary/aromatic N) is 1. The van der Waals surface area contributed by atoms with Gasteiger partial charge in [0, 0.05) is 18.8 Å². The lowest BCUT2D eigenvalue weighted by Crippen LogP contribution is -2.40. The maximum atomic E-state index is 12.6. The summed E-state index contributed by atoms with van der Waals surface area (Å²) in [6.45, 7) is 2.76. The number of anilines is 1. The molecule has 0 saturated carbocycles.